The van der Waals surface area contributed by atoms with Crippen molar-refractivity contribution in [2.45, 2.75) is 60.6 Å². The van der Waals surface area contributed by atoms with Gasteiger partial charge >= 0.3 is 6.03 Å². The number of aromatic hydroxyl groups is 1. The van der Waals surface area contributed by atoms with Crippen molar-refractivity contribution < 1.29 is 22.7 Å². The third-order valence-electron chi connectivity index (χ3n) is 6.71. The molecule has 30 heavy (non-hydrogen) atoms. The SMILES string of the molecule is O=C(Nc1ccc(Cl)c(S(=O)(=O)C2CCCC2)c1O)NC12CC1CCc1ccoc12. The number of rotatable bonds is 4. The Morgan fingerprint density at radius 2 is 1.97 bits per heavy atom. The van der Waals surface area contributed by atoms with Crippen molar-refractivity contribution in [1.82, 2.24) is 5.32 Å². The van der Waals surface area contributed by atoms with Crippen LogP contribution in [0.25, 0.3) is 0 Å². The number of amides is 2. The summed E-state index contributed by atoms with van der Waals surface area (Å²) in [5, 5.41) is 15.7. The highest BCUT2D eigenvalue weighted by Gasteiger charge is 2.61. The molecule has 2 unspecified atom stereocenters. The topological polar surface area (TPSA) is 109 Å². The van der Waals surface area contributed by atoms with Crippen molar-refractivity contribution in [3.8, 4) is 5.75 Å². The predicted octanol–water partition coefficient (Wildman–Crippen LogP) is 4.34. The maximum Gasteiger partial charge on any atom is 0.320 e. The summed E-state index contributed by atoms with van der Waals surface area (Å²) in [5.74, 6) is 0.592. The quantitative estimate of drug-likeness (QED) is 0.600. The zero-order chi connectivity index (χ0) is 21.1. The van der Waals surface area contributed by atoms with Crippen molar-refractivity contribution in [1.29, 1.82) is 0 Å². The van der Waals surface area contributed by atoms with Crippen LogP contribution in [0.3, 0.4) is 0 Å². The fourth-order valence-corrected chi connectivity index (χ4v) is 7.54. The molecule has 2 saturated carbocycles. The first kappa shape index (κ1) is 19.8. The number of furan rings is 1. The van der Waals surface area contributed by atoms with E-state index >= 15 is 0 Å². The van der Waals surface area contributed by atoms with Crippen LogP contribution in [0.5, 0.6) is 5.75 Å². The maximum absolute atomic E-state index is 13.0. The molecule has 2 fully saturated rings. The second-order valence-corrected chi connectivity index (χ2v) is 11.1. The summed E-state index contributed by atoms with van der Waals surface area (Å²) in [7, 11) is -3.79. The molecule has 2 atom stereocenters. The number of anilines is 1. The standard InChI is InChI=1S/C21H23ClN2O5S/c22-15-7-8-16(17(25)18(15)30(27,28)14-3-1-2-4-14)23-20(26)24-21-11-13(21)6-5-12-9-10-29-19(12)21/h7-10,13-14,25H,1-6,11H2,(H2,23,24,26). The van der Waals surface area contributed by atoms with Crippen LogP contribution in [0, 0.1) is 5.92 Å². The molecule has 0 radical (unpaired) electrons. The molecule has 5 rings (SSSR count). The lowest BCUT2D eigenvalue weighted by molar-refractivity contribution is 0.241. The molecular formula is C21H23ClN2O5S. The van der Waals surface area contributed by atoms with Gasteiger partial charge in [0, 0.05) is 0 Å². The minimum Gasteiger partial charge on any atom is -0.504 e. The van der Waals surface area contributed by atoms with Gasteiger partial charge in [0.1, 0.15) is 16.2 Å². The van der Waals surface area contributed by atoms with Crippen LogP contribution in [0.15, 0.2) is 33.8 Å². The molecule has 160 valence electrons. The van der Waals surface area contributed by atoms with Gasteiger partial charge in [-0.2, -0.15) is 0 Å². The van der Waals surface area contributed by atoms with Crippen molar-refractivity contribution in [2.24, 2.45) is 5.92 Å². The summed E-state index contributed by atoms with van der Waals surface area (Å²) in [6, 6.07) is 4.20. The minimum absolute atomic E-state index is 0.0116. The Morgan fingerprint density at radius 1 is 1.20 bits per heavy atom. The molecule has 3 aliphatic rings. The maximum atomic E-state index is 13.0. The molecule has 1 aromatic heterocycles. The Hall–Kier alpha value is -2.19. The predicted molar refractivity (Wildman–Crippen MR) is 112 cm³/mol. The van der Waals surface area contributed by atoms with Gasteiger partial charge in [-0.3, -0.25) is 0 Å². The van der Waals surface area contributed by atoms with Gasteiger partial charge in [-0.1, -0.05) is 24.4 Å². The van der Waals surface area contributed by atoms with E-state index in [9.17, 15) is 18.3 Å². The van der Waals surface area contributed by atoms with E-state index in [0.29, 0.717) is 18.8 Å². The normalized spacial score (nSPS) is 25.4. The number of phenolic OH excluding ortho intramolecular Hbond substituents is 1. The Labute approximate surface area is 179 Å². The Bertz CT molecular complexity index is 1120. The molecule has 2 aromatic rings. The molecule has 0 aliphatic heterocycles. The van der Waals surface area contributed by atoms with E-state index in [4.69, 9.17) is 16.0 Å². The van der Waals surface area contributed by atoms with Crippen molar-refractivity contribution >= 4 is 33.2 Å². The number of aryl methyl sites for hydroxylation is 1. The van der Waals surface area contributed by atoms with E-state index in [2.05, 4.69) is 10.6 Å². The number of hydrogen-bond donors (Lipinski definition) is 3. The van der Waals surface area contributed by atoms with Gasteiger partial charge in [-0.15, -0.1) is 0 Å². The Morgan fingerprint density at radius 3 is 2.73 bits per heavy atom. The molecule has 0 saturated heterocycles. The second-order valence-electron chi connectivity index (χ2n) is 8.49. The summed E-state index contributed by atoms with van der Waals surface area (Å²) in [6.07, 6.45) is 7.11. The van der Waals surface area contributed by atoms with E-state index < -0.39 is 32.4 Å². The highest BCUT2D eigenvalue weighted by Crippen LogP contribution is 2.58. The average molecular weight is 451 g/mol. The van der Waals surface area contributed by atoms with Gasteiger partial charge in [0.25, 0.3) is 0 Å². The van der Waals surface area contributed by atoms with Crippen LogP contribution in [0.4, 0.5) is 10.5 Å². The van der Waals surface area contributed by atoms with Crippen LogP contribution in [-0.2, 0) is 21.8 Å². The third-order valence-corrected chi connectivity index (χ3v) is 9.47. The molecule has 3 aliphatic carbocycles. The molecule has 7 nitrogen and oxygen atoms in total. The average Bonchev–Trinajstić information content (AvgIpc) is 3.10. The number of halogens is 1. The van der Waals surface area contributed by atoms with Crippen LogP contribution in [0.1, 0.15) is 49.8 Å². The Kier molecular flexibility index (Phi) is 4.56. The van der Waals surface area contributed by atoms with Gasteiger partial charge in [-0.05, 0) is 61.8 Å². The van der Waals surface area contributed by atoms with Crippen LogP contribution in [-0.4, -0.2) is 24.8 Å². The lowest BCUT2D eigenvalue weighted by Gasteiger charge is -2.23. The largest absolute Gasteiger partial charge is 0.504 e. The first-order valence-electron chi connectivity index (χ1n) is 10.2. The molecule has 1 aromatic carbocycles. The van der Waals surface area contributed by atoms with E-state index in [1.165, 1.54) is 12.1 Å². The second kappa shape index (κ2) is 6.92. The molecule has 9 heteroatoms. The summed E-state index contributed by atoms with van der Waals surface area (Å²) in [5.41, 5.74) is 0.586. The fourth-order valence-electron chi connectivity index (χ4n) is 5.06. The van der Waals surface area contributed by atoms with Gasteiger partial charge in [0.05, 0.1) is 22.2 Å². The number of hydrogen-bond acceptors (Lipinski definition) is 5. The zero-order valence-corrected chi connectivity index (χ0v) is 17.9. The third kappa shape index (κ3) is 3.00. The summed E-state index contributed by atoms with van der Waals surface area (Å²) in [4.78, 5) is 12.4. The highest BCUT2D eigenvalue weighted by molar-refractivity contribution is 7.92. The fraction of sp³-hybridized carbons (Fsp3) is 0.476. The summed E-state index contributed by atoms with van der Waals surface area (Å²) >= 11 is 6.15. The number of benzene rings is 1. The van der Waals surface area contributed by atoms with E-state index in [-0.39, 0.29) is 15.6 Å². The van der Waals surface area contributed by atoms with E-state index in [1.54, 1.807) is 6.26 Å². The van der Waals surface area contributed by atoms with Crippen molar-refractivity contribution in [3.63, 3.8) is 0 Å². The molecule has 3 N–H and O–H groups in total. The summed E-state index contributed by atoms with van der Waals surface area (Å²) < 4.78 is 31.7. The lowest BCUT2D eigenvalue weighted by atomic mass is 9.94. The number of nitrogens with one attached hydrogen (secondary N) is 2. The number of phenols is 1. The monoisotopic (exact) mass is 450 g/mol. The van der Waals surface area contributed by atoms with Gasteiger partial charge < -0.3 is 20.2 Å². The number of carbonyl (C=O) groups is 1. The van der Waals surface area contributed by atoms with Gasteiger partial charge in [0.15, 0.2) is 15.6 Å². The lowest BCUT2D eigenvalue weighted by Crippen LogP contribution is -2.41. The first-order valence-corrected chi connectivity index (χ1v) is 12.2. The molecule has 0 bridgehead atoms. The van der Waals surface area contributed by atoms with Crippen molar-refractivity contribution in [2.75, 3.05) is 5.32 Å². The van der Waals surface area contributed by atoms with Gasteiger partial charge in [0.2, 0.25) is 0 Å². The highest BCUT2D eigenvalue weighted by atomic mass is 35.5. The molecular weight excluding hydrogens is 428 g/mol. The minimum atomic E-state index is -3.79. The number of sulfone groups is 1. The van der Waals surface area contributed by atoms with E-state index in [0.717, 1.165) is 43.4 Å². The molecule has 1 heterocycles. The summed E-state index contributed by atoms with van der Waals surface area (Å²) in [6.45, 7) is 0. The van der Waals surface area contributed by atoms with Crippen LogP contribution in [0.2, 0.25) is 5.02 Å². The molecule has 2 amide bonds. The zero-order valence-electron chi connectivity index (χ0n) is 16.3. The van der Waals surface area contributed by atoms with Crippen LogP contribution >= 0.6 is 11.6 Å². The van der Waals surface area contributed by atoms with Crippen LogP contribution < -0.4 is 10.6 Å². The molecule has 0 spiro atoms. The van der Waals surface area contributed by atoms with E-state index in [1.807, 2.05) is 6.07 Å². The first-order chi connectivity index (χ1) is 14.3. The number of fused-ring (bicyclic) bond motifs is 3. The smallest absolute Gasteiger partial charge is 0.320 e. The number of urea groups is 1. The van der Waals surface area contributed by atoms with Gasteiger partial charge in [-0.25, -0.2) is 13.2 Å². The Balaban J connectivity index is 1.39. The number of carbonyl (C=O) groups excluding carboxylic acids is 1. The van der Waals surface area contributed by atoms with Crippen molar-refractivity contribution in [3.05, 3.63) is 40.8 Å².